The van der Waals surface area contributed by atoms with Crippen LogP contribution >= 0.6 is 0 Å². The number of amides is 3. The van der Waals surface area contributed by atoms with Gasteiger partial charge < -0.3 is 20.3 Å². The van der Waals surface area contributed by atoms with Gasteiger partial charge in [-0.1, -0.05) is 32.9 Å². The first kappa shape index (κ1) is 24.0. The highest BCUT2D eigenvalue weighted by molar-refractivity contribution is 5.93. The molecule has 0 radical (unpaired) electrons. The lowest BCUT2D eigenvalue weighted by molar-refractivity contribution is -0.152. The van der Waals surface area contributed by atoms with Crippen LogP contribution in [-0.4, -0.2) is 69.7 Å². The zero-order chi connectivity index (χ0) is 23.3. The summed E-state index contributed by atoms with van der Waals surface area (Å²) in [7, 11) is 1.49. The number of likely N-dealkylation sites (N-methyl/N-ethyl adjacent to an activating group) is 1. The SMILES string of the molecule is C=C1CC(=O)N[C@@H](C)C(=O)N(C)C(C(C)C)C(=O)NCC(=O)OC(c2cn[nH]n2)[C@@H]1C. The number of carbonyl (C=O) groups is 4. The Balaban J connectivity index is 2.36. The molecule has 3 amide bonds. The maximum Gasteiger partial charge on any atom is 0.326 e. The molecule has 11 nitrogen and oxygen atoms in total. The highest BCUT2D eigenvalue weighted by atomic mass is 16.5. The molecule has 1 aliphatic heterocycles. The summed E-state index contributed by atoms with van der Waals surface area (Å²) in [6, 6.07) is -1.67. The summed E-state index contributed by atoms with van der Waals surface area (Å²) in [4.78, 5) is 51.8. The number of cyclic esters (lactones) is 1. The molecule has 11 heteroatoms. The van der Waals surface area contributed by atoms with Crippen molar-refractivity contribution in [2.75, 3.05) is 13.6 Å². The van der Waals surface area contributed by atoms with Gasteiger partial charge in [-0.2, -0.15) is 15.4 Å². The number of nitrogens with zero attached hydrogens (tertiary/aromatic N) is 3. The van der Waals surface area contributed by atoms with Crippen LogP contribution in [0.1, 0.15) is 45.9 Å². The quantitative estimate of drug-likeness (QED) is 0.441. The van der Waals surface area contributed by atoms with Crippen LogP contribution in [0.3, 0.4) is 0 Å². The van der Waals surface area contributed by atoms with Gasteiger partial charge in [0, 0.05) is 19.4 Å². The van der Waals surface area contributed by atoms with Crippen LogP contribution in [0.4, 0.5) is 0 Å². The van der Waals surface area contributed by atoms with Crippen LogP contribution in [0.25, 0.3) is 0 Å². The van der Waals surface area contributed by atoms with Crippen molar-refractivity contribution in [1.82, 2.24) is 30.9 Å². The van der Waals surface area contributed by atoms with Crippen molar-refractivity contribution in [1.29, 1.82) is 0 Å². The van der Waals surface area contributed by atoms with Crippen molar-refractivity contribution < 1.29 is 23.9 Å². The van der Waals surface area contributed by atoms with E-state index in [1.54, 1.807) is 27.7 Å². The molecule has 31 heavy (non-hydrogen) atoms. The summed E-state index contributed by atoms with van der Waals surface area (Å²) in [5.41, 5.74) is 0.853. The monoisotopic (exact) mass is 434 g/mol. The first-order valence-electron chi connectivity index (χ1n) is 10.1. The Hall–Kier alpha value is -3.24. The van der Waals surface area contributed by atoms with Gasteiger partial charge in [0.25, 0.3) is 0 Å². The van der Waals surface area contributed by atoms with Crippen molar-refractivity contribution in [2.45, 2.75) is 52.3 Å². The fourth-order valence-electron chi connectivity index (χ4n) is 3.52. The molecule has 2 heterocycles. The smallest absolute Gasteiger partial charge is 0.326 e. The van der Waals surface area contributed by atoms with Gasteiger partial charge in [0.1, 0.15) is 24.3 Å². The van der Waals surface area contributed by atoms with Crippen LogP contribution in [0.2, 0.25) is 0 Å². The second kappa shape index (κ2) is 10.2. The molecular weight excluding hydrogens is 404 g/mol. The van der Waals surface area contributed by atoms with Crippen LogP contribution in [0, 0.1) is 11.8 Å². The van der Waals surface area contributed by atoms with Gasteiger partial charge in [-0.3, -0.25) is 19.2 Å². The normalized spacial score (nSPS) is 27.3. The first-order chi connectivity index (χ1) is 14.5. The van der Waals surface area contributed by atoms with E-state index in [9.17, 15) is 19.2 Å². The molecule has 0 bridgehead atoms. The maximum absolute atomic E-state index is 12.8. The number of H-pyrrole nitrogens is 1. The third kappa shape index (κ3) is 5.89. The maximum atomic E-state index is 12.8. The minimum absolute atomic E-state index is 0.0702. The van der Waals surface area contributed by atoms with E-state index < -0.39 is 47.8 Å². The Morgan fingerprint density at radius 2 is 1.90 bits per heavy atom. The van der Waals surface area contributed by atoms with E-state index in [0.717, 1.165) is 0 Å². The van der Waals surface area contributed by atoms with Gasteiger partial charge in [-0.15, -0.1) is 0 Å². The fraction of sp³-hybridized carbons (Fsp3) is 0.600. The third-order valence-electron chi connectivity index (χ3n) is 5.29. The standard InChI is InChI=1S/C20H30N6O5/c1-10(2)17-19(29)21-9-16(28)31-18(14-8-22-25-24-14)12(4)11(3)7-15(27)23-13(5)20(30)26(17)6/h8,10,12-13,17-18H,3,7,9H2,1-2,4-6H3,(H,21,29)(H,23,27)(H,22,24,25)/t12-,13+,17?,18?/m1/s1. The fourth-order valence-corrected chi connectivity index (χ4v) is 3.52. The second-order valence-corrected chi connectivity index (χ2v) is 8.07. The average molecular weight is 434 g/mol. The Bertz CT molecular complexity index is 837. The van der Waals surface area contributed by atoms with Crippen molar-refractivity contribution in [3.05, 3.63) is 24.0 Å². The molecule has 4 atom stereocenters. The number of hydrogen-bond acceptors (Lipinski definition) is 7. The first-order valence-corrected chi connectivity index (χ1v) is 10.1. The summed E-state index contributed by atoms with van der Waals surface area (Å²) in [6.07, 6.45) is 0.495. The molecule has 1 fully saturated rings. The van der Waals surface area contributed by atoms with Crippen molar-refractivity contribution in [2.24, 2.45) is 11.8 Å². The lowest BCUT2D eigenvalue weighted by atomic mass is 9.92. The number of aromatic nitrogens is 3. The van der Waals surface area contributed by atoms with E-state index >= 15 is 0 Å². The Morgan fingerprint density at radius 1 is 1.23 bits per heavy atom. The van der Waals surface area contributed by atoms with E-state index in [2.05, 4.69) is 32.6 Å². The minimum Gasteiger partial charge on any atom is -0.454 e. The molecule has 2 rings (SSSR count). The van der Waals surface area contributed by atoms with E-state index in [4.69, 9.17) is 4.74 Å². The summed E-state index contributed by atoms with van der Waals surface area (Å²) < 4.78 is 5.55. The Kier molecular flexibility index (Phi) is 7.89. The molecule has 1 aliphatic rings. The zero-order valence-electron chi connectivity index (χ0n) is 18.5. The molecule has 0 aliphatic carbocycles. The lowest BCUT2D eigenvalue weighted by Crippen LogP contribution is -2.55. The summed E-state index contributed by atoms with van der Waals surface area (Å²) in [6.45, 7) is 10.4. The molecule has 1 saturated heterocycles. The highest BCUT2D eigenvalue weighted by Crippen LogP contribution is 2.30. The van der Waals surface area contributed by atoms with E-state index in [-0.39, 0.29) is 18.9 Å². The summed E-state index contributed by atoms with van der Waals surface area (Å²) >= 11 is 0. The molecule has 0 aromatic carbocycles. The number of carbonyl (C=O) groups excluding carboxylic acids is 4. The lowest BCUT2D eigenvalue weighted by Gasteiger charge is -2.32. The van der Waals surface area contributed by atoms with Crippen LogP contribution in [-0.2, 0) is 23.9 Å². The summed E-state index contributed by atoms with van der Waals surface area (Å²) in [5, 5.41) is 15.4. The van der Waals surface area contributed by atoms with Crippen LogP contribution in [0.15, 0.2) is 18.3 Å². The van der Waals surface area contributed by atoms with Crippen LogP contribution < -0.4 is 10.6 Å². The molecule has 1 aromatic rings. The second-order valence-electron chi connectivity index (χ2n) is 8.07. The Morgan fingerprint density at radius 3 is 2.48 bits per heavy atom. The van der Waals surface area contributed by atoms with Crippen molar-refractivity contribution in [3.8, 4) is 0 Å². The number of hydrogen-bond donors (Lipinski definition) is 3. The van der Waals surface area contributed by atoms with Crippen molar-refractivity contribution >= 4 is 23.7 Å². The Labute approximate surface area is 181 Å². The van der Waals surface area contributed by atoms with E-state index in [1.165, 1.54) is 18.1 Å². The largest absolute Gasteiger partial charge is 0.454 e. The number of rotatable bonds is 2. The topological polar surface area (TPSA) is 146 Å². The van der Waals surface area contributed by atoms with Gasteiger partial charge in [-0.05, 0) is 12.8 Å². The molecule has 1 aromatic heterocycles. The molecule has 0 saturated carbocycles. The predicted molar refractivity (Wildman–Crippen MR) is 110 cm³/mol. The van der Waals surface area contributed by atoms with E-state index in [1.807, 2.05) is 0 Å². The molecule has 3 N–H and O–H groups in total. The highest BCUT2D eigenvalue weighted by Gasteiger charge is 2.34. The predicted octanol–water partition coefficient (Wildman–Crippen LogP) is 0.0889. The summed E-state index contributed by atoms with van der Waals surface area (Å²) in [5.74, 6) is -2.71. The number of ether oxygens (including phenoxy) is 1. The number of esters is 1. The van der Waals surface area contributed by atoms with Gasteiger partial charge >= 0.3 is 5.97 Å². The number of nitrogens with one attached hydrogen (secondary N) is 3. The van der Waals surface area contributed by atoms with Gasteiger partial charge in [-0.25, -0.2) is 0 Å². The molecular formula is C20H30N6O5. The van der Waals surface area contributed by atoms with Gasteiger partial charge in [0.2, 0.25) is 17.7 Å². The van der Waals surface area contributed by atoms with Crippen LogP contribution in [0.5, 0.6) is 0 Å². The van der Waals surface area contributed by atoms with Crippen molar-refractivity contribution in [3.63, 3.8) is 0 Å². The zero-order valence-corrected chi connectivity index (χ0v) is 18.5. The number of aromatic amines is 1. The van der Waals surface area contributed by atoms with Gasteiger partial charge in [0.05, 0.1) is 6.20 Å². The average Bonchev–Trinajstić information content (AvgIpc) is 3.22. The minimum atomic E-state index is -0.851. The van der Waals surface area contributed by atoms with E-state index in [0.29, 0.717) is 11.3 Å². The molecule has 170 valence electrons. The molecule has 2 unspecified atom stereocenters. The third-order valence-corrected chi connectivity index (χ3v) is 5.29. The van der Waals surface area contributed by atoms with Gasteiger partial charge in [0.15, 0.2) is 6.10 Å². The molecule has 0 spiro atoms.